The summed E-state index contributed by atoms with van der Waals surface area (Å²) in [6.07, 6.45) is 0. The van der Waals surface area contributed by atoms with Crippen LogP contribution in [0.25, 0.3) is 11.5 Å². The maximum Gasteiger partial charge on any atom is 0.247 e. The SMILES string of the molecule is CC(Nc1cccc(N2CCOCC2)c1)c1nnc(-c2ccccc2)o1. The number of ether oxygens (including phenoxy) is 1. The highest BCUT2D eigenvalue weighted by atomic mass is 16.5. The van der Waals surface area contributed by atoms with Crippen molar-refractivity contribution < 1.29 is 9.15 Å². The van der Waals surface area contributed by atoms with Crippen molar-refractivity contribution in [3.63, 3.8) is 0 Å². The molecule has 6 heteroatoms. The minimum absolute atomic E-state index is 0.0834. The second kappa shape index (κ2) is 7.58. The van der Waals surface area contributed by atoms with Crippen molar-refractivity contribution in [1.29, 1.82) is 0 Å². The van der Waals surface area contributed by atoms with E-state index in [2.05, 4.69) is 44.7 Å². The van der Waals surface area contributed by atoms with Gasteiger partial charge in [0.25, 0.3) is 0 Å². The van der Waals surface area contributed by atoms with E-state index in [0.717, 1.165) is 37.6 Å². The van der Waals surface area contributed by atoms with Gasteiger partial charge in [0.2, 0.25) is 11.8 Å². The van der Waals surface area contributed by atoms with E-state index in [1.54, 1.807) is 0 Å². The van der Waals surface area contributed by atoms with Crippen LogP contribution in [-0.4, -0.2) is 36.5 Å². The molecule has 1 fully saturated rings. The van der Waals surface area contributed by atoms with Gasteiger partial charge in [-0.15, -0.1) is 10.2 Å². The highest BCUT2D eigenvalue weighted by Gasteiger charge is 2.16. The lowest BCUT2D eigenvalue weighted by Crippen LogP contribution is -2.36. The van der Waals surface area contributed by atoms with E-state index in [-0.39, 0.29) is 6.04 Å². The van der Waals surface area contributed by atoms with E-state index in [1.165, 1.54) is 5.69 Å². The summed E-state index contributed by atoms with van der Waals surface area (Å²) in [4.78, 5) is 2.33. The maximum atomic E-state index is 5.84. The zero-order chi connectivity index (χ0) is 17.8. The Morgan fingerprint density at radius 2 is 1.81 bits per heavy atom. The van der Waals surface area contributed by atoms with Gasteiger partial charge < -0.3 is 19.4 Å². The molecule has 0 aliphatic carbocycles. The first-order valence-electron chi connectivity index (χ1n) is 8.88. The van der Waals surface area contributed by atoms with Crippen LogP contribution in [-0.2, 0) is 4.74 Å². The monoisotopic (exact) mass is 350 g/mol. The number of morpholine rings is 1. The summed E-state index contributed by atoms with van der Waals surface area (Å²) in [5, 5.41) is 11.8. The fourth-order valence-corrected chi connectivity index (χ4v) is 3.03. The second-order valence-corrected chi connectivity index (χ2v) is 6.33. The molecule has 4 rings (SSSR count). The van der Waals surface area contributed by atoms with Gasteiger partial charge in [-0.3, -0.25) is 0 Å². The van der Waals surface area contributed by atoms with Crippen LogP contribution in [0.2, 0.25) is 0 Å². The first-order valence-corrected chi connectivity index (χ1v) is 8.88. The number of hydrogen-bond acceptors (Lipinski definition) is 6. The van der Waals surface area contributed by atoms with Crippen LogP contribution in [0.15, 0.2) is 59.0 Å². The summed E-state index contributed by atoms with van der Waals surface area (Å²) in [5.74, 6) is 1.11. The minimum Gasteiger partial charge on any atom is -0.418 e. The van der Waals surface area contributed by atoms with Crippen molar-refractivity contribution in [1.82, 2.24) is 10.2 Å². The Morgan fingerprint density at radius 3 is 2.62 bits per heavy atom. The van der Waals surface area contributed by atoms with Crippen LogP contribution < -0.4 is 10.2 Å². The van der Waals surface area contributed by atoms with Gasteiger partial charge in [0.1, 0.15) is 6.04 Å². The summed E-state index contributed by atoms with van der Waals surface area (Å²) < 4.78 is 11.3. The third-order valence-corrected chi connectivity index (χ3v) is 4.44. The van der Waals surface area contributed by atoms with Crippen molar-refractivity contribution >= 4 is 11.4 Å². The predicted octanol–water partition coefficient (Wildman–Crippen LogP) is 3.75. The van der Waals surface area contributed by atoms with Crippen molar-refractivity contribution in [3.05, 3.63) is 60.5 Å². The molecule has 1 aliphatic rings. The summed E-state index contributed by atoms with van der Waals surface area (Å²) in [7, 11) is 0. The summed E-state index contributed by atoms with van der Waals surface area (Å²) in [6, 6.07) is 18.1. The average molecular weight is 350 g/mol. The van der Waals surface area contributed by atoms with E-state index < -0.39 is 0 Å². The molecule has 2 heterocycles. The predicted molar refractivity (Wildman–Crippen MR) is 101 cm³/mol. The molecule has 2 aromatic carbocycles. The Kier molecular flexibility index (Phi) is 4.84. The highest BCUT2D eigenvalue weighted by Crippen LogP contribution is 2.25. The largest absolute Gasteiger partial charge is 0.418 e. The van der Waals surface area contributed by atoms with Crippen LogP contribution in [0.1, 0.15) is 18.9 Å². The van der Waals surface area contributed by atoms with Crippen LogP contribution in [0.5, 0.6) is 0 Å². The lowest BCUT2D eigenvalue weighted by molar-refractivity contribution is 0.122. The molecule has 0 saturated carbocycles. The lowest BCUT2D eigenvalue weighted by atomic mass is 10.2. The summed E-state index contributed by atoms with van der Waals surface area (Å²) >= 11 is 0. The fraction of sp³-hybridized carbons (Fsp3) is 0.300. The van der Waals surface area contributed by atoms with Crippen molar-refractivity contribution in [2.75, 3.05) is 36.5 Å². The highest BCUT2D eigenvalue weighted by molar-refractivity contribution is 5.59. The van der Waals surface area contributed by atoms with Crippen molar-refractivity contribution in [2.45, 2.75) is 13.0 Å². The number of hydrogen-bond donors (Lipinski definition) is 1. The standard InChI is InChI=1S/C20H22N4O2/c1-15(19-22-23-20(26-19)16-6-3-2-4-7-16)21-17-8-5-9-18(14-17)24-10-12-25-13-11-24/h2-9,14-15,21H,10-13H2,1H3. The molecule has 0 spiro atoms. The van der Waals surface area contributed by atoms with E-state index in [0.29, 0.717) is 11.8 Å². The Bertz CT molecular complexity index is 844. The molecule has 1 atom stereocenters. The number of nitrogens with one attached hydrogen (secondary N) is 1. The van der Waals surface area contributed by atoms with E-state index in [9.17, 15) is 0 Å². The van der Waals surface area contributed by atoms with E-state index in [4.69, 9.17) is 9.15 Å². The van der Waals surface area contributed by atoms with E-state index in [1.807, 2.05) is 37.3 Å². The Labute approximate surface area is 152 Å². The average Bonchev–Trinajstić information content (AvgIpc) is 3.20. The summed E-state index contributed by atoms with van der Waals surface area (Å²) in [6.45, 7) is 5.41. The van der Waals surface area contributed by atoms with Gasteiger partial charge in [-0.2, -0.15) is 0 Å². The van der Waals surface area contributed by atoms with Gasteiger partial charge >= 0.3 is 0 Å². The first-order chi connectivity index (χ1) is 12.8. The Balaban J connectivity index is 1.46. The number of aromatic nitrogens is 2. The molecule has 6 nitrogen and oxygen atoms in total. The van der Waals surface area contributed by atoms with Crippen molar-refractivity contribution in [3.8, 4) is 11.5 Å². The third kappa shape index (κ3) is 3.70. The molecule has 1 N–H and O–H groups in total. The molecule has 1 aliphatic heterocycles. The van der Waals surface area contributed by atoms with Crippen LogP contribution in [0.4, 0.5) is 11.4 Å². The molecule has 1 unspecified atom stereocenters. The first kappa shape index (κ1) is 16.6. The van der Waals surface area contributed by atoms with Gasteiger partial charge in [-0.1, -0.05) is 24.3 Å². The third-order valence-electron chi connectivity index (χ3n) is 4.44. The lowest BCUT2D eigenvalue weighted by Gasteiger charge is -2.29. The van der Waals surface area contributed by atoms with Gasteiger partial charge in [0, 0.05) is 30.0 Å². The van der Waals surface area contributed by atoms with Gasteiger partial charge in [0.15, 0.2) is 0 Å². The van der Waals surface area contributed by atoms with Crippen molar-refractivity contribution in [2.24, 2.45) is 0 Å². The van der Waals surface area contributed by atoms with E-state index >= 15 is 0 Å². The maximum absolute atomic E-state index is 5.84. The van der Waals surface area contributed by atoms with Crippen LogP contribution >= 0.6 is 0 Å². The molecule has 1 saturated heterocycles. The Hall–Kier alpha value is -2.86. The Morgan fingerprint density at radius 1 is 1.00 bits per heavy atom. The molecule has 1 aromatic heterocycles. The smallest absolute Gasteiger partial charge is 0.247 e. The van der Waals surface area contributed by atoms with Gasteiger partial charge in [-0.25, -0.2) is 0 Å². The quantitative estimate of drug-likeness (QED) is 0.756. The zero-order valence-corrected chi connectivity index (χ0v) is 14.8. The molecular weight excluding hydrogens is 328 g/mol. The molecular formula is C20H22N4O2. The molecule has 3 aromatic rings. The summed E-state index contributed by atoms with van der Waals surface area (Å²) in [5.41, 5.74) is 3.15. The zero-order valence-electron chi connectivity index (χ0n) is 14.8. The fourth-order valence-electron chi connectivity index (χ4n) is 3.03. The molecule has 26 heavy (non-hydrogen) atoms. The number of benzene rings is 2. The number of anilines is 2. The normalized spacial score (nSPS) is 15.7. The van der Waals surface area contributed by atoms with Gasteiger partial charge in [0.05, 0.1) is 13.2 Å². The second-order valence-electron chi connectivity index (χ2n) is 6.33. The van der Waals surface area contributed by atoms with Crippen LogP contribution in [0, 0.1) is 0 Å². The number of nitrogens with zero attached hydrogens (tertiary/aromatic N) is 3. The minimum atomic E-state index is -0.0834. The molecule has 0 radical (unpaired) electrons. The van der Waals surface area contributed by atoms with Crippen LogP contribution in [0.3, 0.4) is 0 Å². The molecule has 0 amide bonds. The van der Waals surface area contributed by atoms with Gasteiger partial charge in [-0.05, 0) is 37.3 Å². The molecule has 0 bridgehead atoms. The number of rotatable bonds is 5. The topological polar surface area (TPSA) is 63.4 Å². The molecule has 134 valence electrons.